The Morgan fingerprint density at radius 3 is 2.47 bits per heavy atom. The molecule has 0 atom stereocenters. The van der Waals surface area contributed by atoms with E-state index in [9.17, 15) is 14.9 Å². The minimum Gasteiger partial charge on any atom is -0.356 e. The Labute approximate surface area is 172 Å². The lowest BCUT2D eigenvalue weighted by Crippen LogP contribution is -2.38. The van der Waals surface area contributed by atoms with Crippen LogP contribution in [0.4, 0.5) is 17.2 Å². The molecule has 10 heteroatoms. The van der Waals surface area contributed by atoms with Crippen LogP contribution in [0, 0.1) is 23.0 Å². The summed E-state index contributed by atoms with van der Waals surface area (Å²) < 4.78 is 1.90. The standard InChI is InChI=1S/C20H21N7O3/c1-14-21-8-11-26(14)19-12-18(22-13-23-19)25-9-6-15(7-10-25)20(28)24-16-2-4-17(5-3-16)27(29)30/h2-5,8,11-13,15H,6-7,9-10H2,1H3,(H,24,28). The van der Waals surface area contributed by atoms with E-state index >= 15 is 0 Å². The Morgan fingerprint density at radius 1 is 1.13 bits per heavy atom. The molecule has 0 spiro atoms. The number of hydrogen-bond donors (Lipinski definition) is 1. The van der Waals surface area contributed by atoms with Crippen LogP contribution >= 0.6 is 0 Å². The minimum atomic E-state index is -0.464. The largest absolute Gasteiger partial charge is 0.356 e. The molecule has 0 unspecified atom stereocenters. The second-order valence-corrected chi connectivity index (χ2v) is 7.13. The predicted octanol–water partition coefficient (Wildman–Crippen LogP) is 2.73. The Kier molecular flexibility index (Phi) is 5.38. The van der Waals surface area contributed by atoms with E-state index in [2.05, 4.69) is 25.2 Å². The van der Waals surface area contributed by atoms with Gasteiger partial charge in [0.05, 0.1) is 4.92 Å². The van der Waals surface area contributed by atoms with Gasteiger partial charge in [0.15, 0.2) is 0 Å². The third-order valence-corrected chi connectivity index (χ3v) is 5.25. The van der Waals surface area contributed by atoms with Crippen molar-refractivity contribution < 1.29 is 9.72 Å². The van der Waals surface area contributed by atoms with Crippen LogP contribution in [0.1, 0.15) is 18.7 Å². The number of piperidine rings is 1. The third-order valence-electron chi connectivity index (χ3n) is 5.25. The van der Waals surface area contributed by atoms with Crippen molar-refractivity contribution >= 4 is 23.1 Å². The SMILES string of the molecule is Cc1nccn1-c1cc(N2CCC(C(=O)Nc3ccc([N+](=O)[O-])cc3)CC2)ncn1. The highest BCUT2D eigenvalue weighted by atomic mass is 16.6. The lowest BCUT2D eigenvalue weighted by atomic mass is 9.96. The van der Waals surface area contributed by atoms with Gasteiger partial charge in [-0.25, -0.2) is 15.0 Å². The number of non-ortho nitro benzene ring substituents is 1. The van der Waals surface area contributed by atoms with E-state index in [1.54, 1.807) is 18.3 Å². The van der Waals surface area contributed by atoms with Crippen molar-refractivity contribution in [3.8, 4) is 5.82 Å². The van der Waals surface area contributed by atoms with Gasteiger partial charge in [-0.1, -0.05) is 0 Å². The van der Waals surface area contributed by atoms with Crippen molar-refractivity contribution in [3.05, 3.63) is 65.0 Å². The fraction of sp³-hybridized carbons (Fsp3) is 0.300. The summed E-state index contributed by atoms with van der Waals surface area (Å²) in [5.41, 5.74) is 0.556. The van der Waals surface area contributed by atoms with Gasteiger partial charge in [-0.05, 0) is 31.9 Å². The molecule has 1 amide bonds. The number of carbonyl (C=O) groups is 1. The topological polar surface area (TPSA) is 119 Å². The van der Waals surface area contributed by atoms with Gasteiger partial charge in [-0.15, -0.1) is 0 Å². The minimum absolute atomic E-state index is 0.00332. The Bertz CT molecular complexity index is 1060. The van der Waals surface area contributed by atoms with Gasteiger partial charge < -0.3 is 10.2 Å². The van der Waals surface area contributed by atoms with E-state index in [-0.39, 0.29) is 17.5 Å². The average molecular weight is 407 g/mol. The summed E-state index contributed by atoms with van der Waals surface area (Å²) in [6, 6.07) is 7.78. The zero-order chi connectivity index (χ0) is 21.1. The van der Waals surface area contributed by atoms with E-state index < -0.39 is 4.92 Å². The van der Waals surface area contributed by atoms with Crippen molar-refractivity contribution in [1.29, 1.82) is 0 Å². The number of benzene rings is 1. The normalized spacial score (nSPS) is 14.5. The molecule has 0 saturated carbocycles. The van der Waals surface area contributed by atoms with Crippen molar-refractivity contribution in [2.75, 3.05) is 23.3 Å². The van der Waals surface area contributed by atoms with Crippen molar-refractivity contribution in [2.45, 2.75) is 19.8 Å². The lowest BCUT2D eigenvalue weighted by Gasteiger charge is -2.32. The van der Waals surface area contributed by atoms with Gasteiger partial charge in [0.25, 0.3) is 5.69 Å². The van der Waals surface area contributed by atoms with Gasteiger partial charge in [-0.3, -0.25) is 19.5 Å². The second kappa shape index (κ2) is 8.27. The van der Waals surface area contributed by atoms with E-state index in [0.717, 1.165) is 17.5 Å². The zero-order valence-corrected chi connectivity index (χ0v) is 16.4. The monoisotopic (exact) mass is 407 g/mol. The van der Waals surface area contributed by atoms with Gasteiger partial charge in [0, 0.05) is 55.3 Å². The molecule has 154 valence electrons. The number of anilines is 2. The van der Waals surface area contributed by atoms with Gasteiger partial charge in [-0.2, -0.15) is 0 Å². The van der Waals surface area contributed by atoms with Crippen LogP contribution in [-0.2, 0) is 4.79 Å². The van der Waals surface area contributed by atoms with Crippen LogP contribution in [-0.4, -0.2) is 43.4 Å². The molecular formula is C20H21N7O3. The molecule has 1 aliphatic rings. The first-order chi connectivity index (χ1) is 14.5. The first kappa shape index (κ1) is 19.5. The molecule has 1 aromatic carbocycles. The summed E-state index contributed by atoms with van der Waals surface area (Å²) in [7, 11) is 0. The zero-order valence-electron chi connectivity index (χ0n) is 16.4. The number of nitrogens with one attached hydrogen (secondary N) is 1. The molecule has 1 saturated heterocycles. The highest BCUT2D eigenvalue weighted by Crippen LogP contribution is 2.24. The summed E-state index contributed by atoms with van der Waals surface area (Å²) in [4.78, 5) is 37.9. The number of imidazole rings is 1. The molecule has 3 heterocycles. The number of nitro benzene ring substituents is 1. The molecule has 10 nitrogen and oxygen atoms in total. The van der Waals surface area contributed by atoms with Gasteiger partial charge in [0.1, 0.15) is 23.8 Å². The third kappa shape index (κ3) is 4.12. The van der Waals surface area contributed by atoms with Crippen LogP contribution in [0.3, 0.4) is 0 Å². The first-order valence-corrected chi connectivity index (χ1v) is 9.64. The van der Waals surface area contributed by atoms with Crippen molar-refractivity contribution in [2.24, 2.45) is 5.92 Å². The fourth-order valence-electron chi connectivity index (χ4n) is 3.54. The number of nitrogens with zero attached hydrogens (tertiary/aromatic N) is 6. The Morgan fingerprint density at radius 2 is 1.83 bits per heavy atom. The highest BCUT2D eigenvalue weighted by molar-refractivity contribution is 5.92. The molecular weight excluding hydrogens is 386 g/mol. The van der Waals surface area contributed by atoms with Crippen molar-refractivity contribution in [1.82, 2.24) is 19.5 Å². The number of rotatable bonds is 5. The molecule has 3 aromatic rings. The molecule has 30 heavy (non-hydrogen) atoms. The number of aromatic nitrogens is 4. The molecule has 4 rings (SSSR count). The number of nitro groups is 1. The summed E-state index contributed by atoms with van der Waals surface area (Å²) >= 11 is 0. The van der Waals surface area contributed by atoms with Crippen LogP contribution < -0.4 is 10.2 Å². The summed E-state index contributed by atoms with van der Waals surface area (Å²) in [6.45, 7) is 3.33. The molecule has 1 N–H and O–H groups in total. The smallest absolute Gasteiger partial charge is 0.269 e. The maximum Gasteiger partial charge on any atom is 0.269 e. The van der Waals surface area contributed by atoms with Gasteiger partial charge >= 0.3 is 0 Å². The van der Waals surface area contributed by atoms with Crippen LogP contribution in [0.15, 0.2) is 49.1 Å². The molecule has 0 radical (unpaired) electrons. The van der Waals surface area contributed by atoms with Crippen LogP contribution in [0.25, 0.3) is 5.82 Å². The number of amides is 1. The van der Waals surface area contributed by atoms with Gasteiger partial charge in [0.2, 0.25) is 5.91 Å². The van der Waals surface area contributed by atoms with Crippen molar-refractivity contribution in [3.63, 3.8) is 0 Å². The number of aryl methyl sites for hydroxylation is 1. The number of hydrogen-bond acceptors (Lipinski definition) is 7. The Balaban J connectivity index is 1.36. The molecule has 0 aliphatic carbocycles. The van der Waals surface area contributed by atoms with E-state index in [1.165, 1.54) is 18.5 Å². The predicted molar refractivity (Wildman–Crippen MR) is 111 cm³/mol. The maximum absolute atomic E-state index is 12.6. The van der Waals surface area contributed by atoms with E-state index in [0.29, 0.717) is 31.6 Å². The lowest BCUT2D eigenvalue weighted by molar-refractivity contribution is -0.384. The molecule has 1 aliphatic heterocycles. The fourth-order valence-corrected chi connectivity index (χ4v) is 3.54. The van der Waals surface area contributed by atoms with E-state index in [4.69, 9.17) is 0 Å². The van der Waals surface area contributed by atoms with E-state index in [1.807, 2.05) is 23.8 Å². The average Bonchev–Trinajstić information content (AvgIpc) is 3.20. The summed E-state index contributed by atoms with van der Waals surface area (Å²) in [5.74, 6) is 2.24. The summed E-state index contributed by atoms with van der Waals surface area (Å²) in [6.07, 6.45) is 6.52. The van der Waals surface area contributed by atoms with Crippen LogP contribution in [0.5, 0.6) is 0 Å². The second-order valence-electron chi connectivity index (χ2n) is 7.13. The Hall–Kier alpha value is -3.82. The highest BCUT2D eigenvalue weighted by Gasteiger charge is 2.26. The quantitative estimate of drug-likeness (QED) is 0.510. The maximum atomic E-state index is 12.6. The van der Waals surface area contributed by atoms with Crippen LogP contribution in [0.2, 0.25) is 0 Å². The first-order valence-electron chi connectivity index (χ1n) is 9.64. The molecule has 0 bridgehead atoms. The number of carbonyl (C=O) groups excluding carboxylic acids is 1. The molecule has 1 fully saturated rings. The molecule has 2 aromatic heterocycles. The summed E-state index contributed by atoms with van der Waals surface area (Å²) in [5, 5.41) is 13.6.